The summed E-state index contributed by atoms with van der Waals surface area (Å²) >= 11 is 0. The first kappa shape index (κ1) is 20.2. The third-order valence-electron chi connectivity index (χ3n) is 6.08. The van der Waals surface area contributed by atoms with Gasteiger partial charge in [0.2, 0.25) is 0 Å². The van der Waals surface area contributed by atoms with Crippen molar-refractivity contribution in [1.82, 2.24) is 10.0 Å². The molecule has 0 radical (unpaired) electrons. The number of hydrazone groups is 2. The molecule has 2 aromatic carbocycles. The van der Waals surface area contributed by atoms with Crippen LogP contribution in [0.5, 0.6) is 0 Å². The van der Waals surface area contributed by atoms with Crippen LogP contribution in [0.25, 0.3) is 0 Å². The Hall–Kier alpha value is -3.68. The molecular formula is C24H24N4O4. The van der Waals surface area contributed by atoms with Gasteiger partial charge in [-0.1, -0.05) is 48.5 Å². The van der Waals surface area contributed by atoms with Gasteiger partial charge in [0.25, 0.3) is 0 Å². The van der Waals surface area contributed by atoms with E-state index >= 15 is 0 Å². The molecule has 0 N–H and O–H groups in total. The predicted molar refractivity (Wildman–Crippen MR) is 118 cm³/mol. The van der Waals surface area contributed by atoms with E-state index in [1.807, 2.05) is 48.5 Å². The minimum Gasteiger partial charge on any atom is -0.464 e. The smallest absolute Gasteiger partial charge is 0.333 e. The molecule has 1 fully saturated rings. The Labute approximate surface area is 186 Å². The average molecular weight is 432 g/mol. The lowest BCUT2D eigenvalue weighted by molar-refractivity contribution is -0.175. The van der Waals surface area contributed by atoms with Crippen LogP contribution in [0.1, 0.15) is 48.2 Å². The summed E-state index contributed by atoms with van der Waals surface area (Å²) in [6.45, 7) is 4.04. The number of hydrogen-bond donors (Lipinski definition) is 0. The van der Waals surface area contributed by atoms with Crippen LogP contribution >= 0.6 is 0 Å². The van der Waals surface area contributed by atoms with Crippen molar-refractivity contribution in [3.63, 3.8) is 0 Å². The predicted octanol–water partition coefficient (Wildman–Crippen LogP) is 2.65. The summed E-state index contributed by atoms with van der Waals surface area (Å²) < 4.78 is 11.0. The summed E-state index contributed by atoms with van der Waals surface area (Å²) in [6, 6.07) is 12.8. The maximum absolute atomic E-state index is 13.3. The molecule has 0 saturated carbocycles. The van der Waals surface area contributed by atoms with Crippen molar-refractivity contribution in [2.24, 2.45) is 10.2 Å². The Morgan fingerprint density at radius 2 is 1.16 bits per heavy atom. The number of hydrogen-bond acceptors (Lipinski definition) is 8. The summed E-state index contributed by atoms with van der Waals surface area (Å²) in [6.07, 6.45) is 3.46. The Morgan fingerprint density at radius 1 is 0.750 bits per heavy atom. The number of benzene rings is 2. The number of carbonyl (C=O) groups excluding carboxylic acids is 2. The molecule has 1 saturated heterocycles. The Balaban J connectivity index is 1.72. The third-order valence-corrected chi connectivity index (χ3v) is 6.08. The van der Waals surface area contributed by atoms with E-state index in [1.165, 1.54) is 0 Å². The van der Waals surface area contributed by atoms with Gasteiger partial charge >= 0.3 is 11.9 Å². The molecule has 0 amide bonds. The lowest BCUT2D eigenvalue weighted by Gasteiger charge is -2.53. The van der Waals surface area contributed by atoms with Gasteiger partial charge in [-0.2, -0.15) is 10.2 Å². The van der Waals surface area contributed by atoms with Crippen LogP contribution in [-0.4, -0.2) is 59.7 Å². The van der Waals surface area contributed by atoms with Crippen LogP contribution in [0.3, 0.4) is 0 Å². The molecule has 0 bridgehead atoms. The molecule has 0 spiro atoms. The largest absolute Gasteiger partial charge is 0.464 e. The molecule has 8 heteroatoms. The van der Waals surface area contributed by atoms with Gasteiger partial charge < -0.3 is 9.47 Å². The Bertz CT molecular complexity index is 1030. The van der Waals surface area contributed by atoms with Gasteiger partial charge in [-0.25, -0.2) is 9.59 Å². The van der Waals surface area contributed by atoms with Crippen molar-refractivity contribution in [2.75, 3.05) is 13.2 Å². The number of ether oxygens (including phenoxy) is 2. The topological polar surface area (TPSA) is 83.8 Å². The van der Waals surface area contributed by atoms with Crippen molar-refractivity contribution in [3.05, 3.63) is 70.8 Å². The second-order valence-electron chi connectivity index (χ2n) is 7.79. The maximum Gasteiger partial charge on any atom is 0.333 e. The third kappa shape index (κ3) is 3.05. The van der Waals surface area contributed by atoms with E-state index in [0.29, 0.717) is 0 Å². The maximum atomic E-state index is 13.3. The van der Waals surface area contributed by atoms with E-state index in [-0.39, 0.29) is 13.2 Å². The molecule has 4 atom stereocenters. The normalized spacial score (nSPS) is 24.7. The van der Waals surface area contributed by atoms with Crippen LogP contribution in [0.15, 0.2) is 58.7 Å². The molecule has 0 aliphatic carbocycles. The highest BCUT2D eigenvalue weighted by Gasteiger charge is 2.57. The number of esters is 2. The zero-order valence-corrected chi connectivity index (χ0v) is 17.9. The van der Waals surface area contributed by atoms with E-state index < -0.39 is 36.1 Å². The fourth-order valence-corrected chi connectivity index (χ4v) is 4.82. The van der Waals surface area contributed by atoms with Crippen molar-refractivity contribution in [3.8, 4) is 0 Å². The quantitative estimate of drug-likeness (QED) is 0.691. The zero-order chi connectivity index (χ0) is 22.2. The number of nitrogens with zero attached hydrogens (tertiary/aromatic N) is 4. The minimum absolute atomic E-state index is 0.243. The summed E-state index contributed by atoms with van der Waals surface area (Å²) in [4.78, 5) is 26.6. The van der Waals surface area contributed by atoms with Crippen LogP contribution in [-0.2, 0) is 19.1 Å². The molecule has 0 unspecified atom stereocenters. The van der Waals surface area contributed by atoms with Crippen molar-refractivity contribution in [1.29, 1.82) is 0 Å². The second-order valence-corrected chi connectivity index (χ2v) is 7.79. The molecule has 3 aliphatic rings. The van der Waals surface area contributed by atoms with Gasteiger partial charge in [-0.15, -0.1) is 0 Å². The molecule has 8 nitrogen and oxygen atoms in total. The van der Waals surface area contributed by atoms with Gasteiger partial charge in [0, 0.05) is 0 Å². The van der Waals surface area contributed by atoms with Crippen molar-refractivity contribution < 1.29 is 19.1 Å². The van der Waals surface area contributed by atoms with Gasteiger partial charge in [0.15, 0.2) is 12.1 Å². The monoisotopic (exact) mass is 432 g/mol. The van der Waals surface area contributed by atoms with Gasteiger partial charge in [0.1, 0.15) is 12.1 Å². The molecule has 0 aromatic heterocycles. The van der Waals surface area contributed by atoms with E-state index in [0.717, 1.165) is 22.3 Å². The first-order valence-corrected chi connectivity index (χ1v) is 10.8. The Morgan fingerprint density at radius 3 is 1.56 bits per heavy atom. The summed E-state index contributed by atoms with van der Waals surface area (Å²) in [5.74, 6) is -0.809. The van der Waals surface area contributed by atoms with Crippen molar-refractivity contribution in [2.45, 2.75) is 38.0 Å². The standard InChI is InChI=1S/C24H24N4O4/c1-3-31-23(29)21-19-17-11-7-5-9-15(17)14-26-28(19)22(24(30)32-4-2)20-18-12-8-6-10-16(18)13-25-27(20)21/h5-14,19-22H,3-4H2,1-2H3/t19-,20+,21-,22-/m0/s1. The Kier molecular flexibility index (Phi) is 5.13. The SMILES string of the molecule is CCOC(=O)[C@@H]1[C@@H]2c3ccccc3C=NN2[C@H](C(=O)OCC)[C@H]2c3ccccc3C=NN12. The molecule has 5 rings (SSSR count). The number of carbonyl (C=O) groups is 2. The highest BCUT2D eigenvalue weighted by Crippen LogP contribution is 2.48. The van der Waals surface area contributed by atoms with Crippen LogP contribution < -0.4 is 0 Å². The summed E-state index contributed by atoms with van der Waals surface area (Å²) in [5.41, 5.74) is 3.57. The molecule has 164 valence electrons. The molecule has 2 aromatic rings. The first-order valence-electron chi connectivity index (χ1n) is 10.8. The highest BCUT2D eigenvalue weighted by molar-refractivity contribution is 5.89. The first-order chi connectivity index (χ1) is 15.7. The number of fused-ring (bicyclic) bond motifs is 6. The van der Waals surface area contributed by atoms with Crippen LogP contribution in [0, 0.1) is 0 Å². The zero-order valence-electron chi connectivity index (χ0n) is 17.9. The number of rotatable bonds is 4. The van der Waals surface area contributed by atoms with Gasteiger partial charge in [-0.05, 0) is 36.1 Å². The van der Waals surface area contributed by atoms with E-state index in [4.69, 9.17) is 9.47 Å². The van der Waals surface area contributed by atoms with Gasteiger partial charge in [0.05, 0.1) is 25.6 Å². The molecule has 32 heavy (non-hydrogen) atoms. The van der Waals surface area contributed by atoms with E-state index in [1.54, 1.807) is 36.3 Å². The van der Waals surface area contributed by atoms with Crippen LogP contribution in [0.4, 0.5) is 0 Å². The lowest BCUT2D eigenvalue weighted by atomic mass is 9.83. The minimum atomic E-state index is -0.783. The van der Waals surface area contributed by atoms with E-state index in [2.05, 4.69) is 10.2 Å². The molecular weight excluding hydrogens is 408 g/mol. The van der Waals surface area contributed by atoms with E-state index in [9.17, 15) is 9.59 Å². The fraction of sp³-hybridized carbons (Fsp3) is 0.333. The number of piperazine rings is 1. The second kappa shape index (κ2) is 8.11. The van der Waals surface area contributed by atoms with Gasteiger partial charge in [-0.3, -0.25) is 10.0 Å². The molecule has 3 aliphatic heterocycles. The summed E-state index contributed by atoms with van der Waals surface area (Å²) in [7, 11) is 0. The highest BCUT2D eigenvalue weighted by atomic mass is 16.5. The van der Waals surface area contributed by atoms with Crippen molar-refractivity contribution >= 4 is 24.4 Å². The lowest BCUT2D eigenvalue weighted by Crippen LogP contribution is -2.64. The summed E-state index contributed by atoms with van der Waals surface area (Å²) in [5, 5.41) is 12.7. The van der Waals surface area contributed by atoms with Crippen LogP contribution in [0.2, 0.25) is 0 Å². The fourth-order valence-electron chi connectivity index (χ4n) is 4.82. The molecule has 3 heterocycles. The average Bonchev–Trinajstić information content (AvgIpc) is 2.82.